The molecule has 1 amide bonds. The van der Waals surface area contributed by atoms with Gasteiger partial charge in [-0.25, -0.2) is 0 Å². The summed E-state index contributed by atoms with van der Waals surface area (Å²) in [4.78, 5) is 24.9. The lowest BCUT2D eigenvalue weighted by Crippen LogP contribution is -2.40. The topological polar surface area (TPSA) is 75.5 Å². The van der Waals surface area contributed by atoms with E-state index in [0.29, 0.717) is 17.6 Å². The fourth-order valence-electron chi connectivity index (χ4n) is 2.70. The third-order valence-corrected chi connectivity index (χ3v) is 4.04. The van der Waals surface area contributed by atoms with E-state index in [4.69, 9.17) is 11.6 Å². The second-order valence-corrected chi connectivity index (χ2v) is 5.49. The van der Waals surface area contributed by atoms with Crippen molar-refractivity contribution in [3.63, 3.8) is 0 Å². The van der Waals surface area contributed by atoms with Crippen LogP contribution < -0.4 is 5.32 Å². The molecule has 1 fully saturated rings. The lowest BCUT2D eigenvalue weighted by molar-refractivity contribution is -0.385. The number of hydrogen-bond acceptors (Lipinski definition) is 4. The number of carbonyl (C=O) groups excluding carboxylic acids is 1. The number of nitrogens with zero attached hydrogens (tertiary/aromatic N) is 2. The van der Waals surface area contributed by atoms with E-state index in [1.807, 2.05) is 0 Å². The second kappa shape index (κ2) is 6.87. The summed E-state index contributed by atoms with van der Waals surface area (Å²) in [5.41, 5.74) is -0.218. The molecule has 1 heterocycles. The fourth-order valence-corrected chi connectivity index (χ4v) is 2.87. The Bertz CT molecular complexity index is 550. The molecule has 1 N–H and O–H groups in total. The molecule has 1 atom stereocenters. The number of likely N-dealkylation sites (tertiary alicyclic amines) is 1. The van der Waals surface area contributed by atoms with Gasteiger partial charge in [0.2, 0.25) is 0 Å². The molecule has 6 nitrogen and oxygen atoms in total. The largest absolute Gasteiger partial charge is 0.350 e. The normalized spacial score (nSPS) is 18.7. The summed E-state index contributed by atoms with van der Waals surface area (Å²) in [6.07, 6.45) is 2.15. The van der Waals surface area contributed by atoms with Gasteiger partial charge in [0.25, 0.3) is 11.6 Å². The van der Waals surface area contributed by atoms with Crippen LogP contribution in [0.25, 0.3) is 0 Å². The van der Waals surface area contributed by atoms with Gasteiger partial charge in [0.15, 0.2) is 0 Å². The third-order valence-electron chi connectivity index (χ3n) is 3.80. The van der Waals surface area contributed by atoms with Crippen LogP contribution in [-0.4, -0.2) is 41.4 Å². The molecule has 0 bridgehead atoms. The van der Waals surface area contributed by atoms with Crippen molar-refractivity contribution in [3.05, 3.63) is 38.9 Å². The van der Waals surface area contributed by atoms with Gasteiger partial charge in [-0.15, -0.1) is 0 Å². The number of nitro benzene ring substituents is 1. The van der Waals surface area contributed by atoms with Crippen molar-refractivity contribution in [2.24, 2.45) is 0 Å². The fraction of sp³-hybridized carbons (Fsp3) is 0.500. The minimum Gasteiger partial charge on any atom is -0.350 e. The maximum absolute atomic E-state index is 12.2. The standard InChI is InChI=1S/C14H18ClN3O3/c1-2-17-7-3-4-11(17)9-16-14(19)12-8-10(15)5-6-13(12)18(20)21/h5-6,8,11H,2-4,7,9H2,1H3,(H,16,19). The highest BCUT2D eigenvalue weighted by molar-refractivity contribution is 6.31. The number of halogens is 1. The van der Waals surface area contributed by atoms with E-state index in [0.717, 1.165) is 25.9 Å². The summed E-state index contributed by atoms with van der Waals surface area (Å²) >= 11 is 5.83. The molecule has 1 aliphatic heterocycles. The Morgan fingerprint density at radius 2 is 2.33 bits per heavy atom. The molecule has 0 aromatic heterocycles. The van der Waals surface area contributed by atoms with Crippen molar-refractivity contribution in [2.45, 2.75) is 25.8 Å². The molecule has 21 heavy (non-hydrogen) atoms. The van der Waals surface area contributed by atoms with Crippen molar-refractivity contribution in [1.82, 2.24) is 10.2 Å². The molecule has 7 heteroatoms. The zero-order valence-electron chi connectivity index (χ0n) is 11.8. The smallest absolute Gasteiger partial charge is 0.282 e. The SMILES string of the molecule is CCN1CCCC1CNC(=O)c1cc(Cl)ccc1[N+](=O)[O-]. The quantitative estimate of drug-likeness (QED) is 0.669. The number of nitro groups is 1. The summed E-state index contributed by atoms with van der Waals surface area (Å²) in [6, 6.07) is 4.30. The van der Waals surface area contributed by atoms with Crippen molar-refractivity contribution in [2.75, 3.05) is 19.6 Å². The lowest BCUT2D eigenvalue weighted by atomic mass is 10.1. The first-order chi connectivity index (χ1) is 10.0. The van der Waals surface area contributed by atoms with Gasteiger partial charge in [-0.3, -0.25) is 19.8 Å². The summed E-state index contributed by atoms with van der Waals surface area (Å²) < 4.78 is 0. The zero-order valence-corrected chi connectivity index (χ0v) is 12.6. The monoisotopic (exact) mass is 311 g/mol. The van der Waals surface area contributed by atoms with Crippen LogP contribution in [0.2, 0.25) is 5.02 Å². The molecule has 1 aromatic rings. The summed E-state index contributed by atoms with van der Waals surface area (Å²) in [5, 5.41) is 14.1. The van der Waals surface area contributed by atoms with Crippen LogP contribution in [0.3, 0.4) is 0 Å². The van der Waals surface area contributed by atoms with Crippen LogP contribution in [0.1, 0.15) is 30.1 Å². The summed E-state index contributed by atoms with van der Waals surface area (Å²) in [5.74, 6) is -0.452. The average molecular weight is 312 g/mol. The van der Waals surface area contributed by atoms with Crippen LogP contribution in [-0.2, 0) is 0 Å². The number of benzene rings is 1. The molecule has 0 saturated carbocycles. The van der Waals surface area contributed by atoms with Gasteiger partial charge in [-0.1, -0.05) is 18.5 Å². The van der Waals surface area contributed by atoms with Crippen LogP contribution in [0.4, 0.5) is 5.69 Å². The minimum atomic E-state index is -0.570. The Balaban J connectivity index is 2.06. The molecular weight excluding hydrogens is 294 g/mol. The Kier molecular flexibility index (Phi) is 5.14. The van der Waals surface area contributed by atoms with Crippen LogP contribution in [0.5, 0.6) is 0 Å². The van der Waals surface area contributed by atoms with Gasteiger partial charge >= 0.3 is 0 Å². The maximum Gasteiger partial charge on any atom is 0.282 e. The molecule has 0 aliphatic carbocycles. The Labute approximate surface area is 128 Å². The molecule has 114 valence electrons. The number of carbonyl (C=O) groups is 1. The van der Waals surface area contributed by atoms with E-state index in [-0.39, 0.29) is 11.3 Å². The van der Waals surface area contributed by atoms with E-state index >= 15 is 0 Å². The first kappa shape index (κ1) is 15.7. The molecule has 1 unspecified atom stereocenters. The van der Waals surface area contributed by atoms with E-state index < -0.39 is 10.8 Å². The number of likely N-dealkylation sites (N-methyl/N-ethyl adjacent to an activating group) is 1. The zero-order chi connectivity index (χ0) is 15.4. The number of amides is 1. The van der Waals surface area contributed by atoms with Crippen LogP contribution in [0.15, 0.2) is 18.2 Å². The van der Waals surface area contributed by atoms with Crippen LogP contribution >= 0.6 is 11.6 Å². The average Bonchev–Trinajstić information content (AvgIpc) is 2.91. The van der Waals surface area contributed by atoms with E-state index in [9.17, 15) is 14.9 Å². The van der Waals surface area contributed by atoms with Crippen molar-refractivity contribution >= 4 is 23.2 Å². The molecule has 2 rings (SSSR count). The number of nitrogens with one attached hydrogen (secondary N) is 1. The highest BCUT2D eigenvalue weighted by Crippen LogP contribution is 2.23. The predicted molar refractivity (Wildman–Crippen MR) is 80.7 cm³/mol. The second-order valence-electron chi connectivity index (χ2n) is 5.05. The third kappa shape index (κ3) is 3.71. The van der Waals surface area contributed by atoms with Crippen LogP contribution in [0, 0.1) is 10.1 Å². The van der Waals surface area contributed by atoms with E-state index in [2.05, 4.69) is 17.1 Å². The van der Waals surface area contributed by atoms with Gasteiger partial charge in [0, 0.05) is 23.7 Å². The highest BCUT2D eigenvalue weighted by atomic mass is 35.5. The van der Waals surface area contributed by atoms with Crippen molar-refractivity contribution in [1.29, 1.82) is 0 Å². The maximum atomic E-state index is 12.2. The Morgan fingerprint density at radius 1 is 1.57 bits per heavy atom. The first-order valence-electron chi connectivity index (χ1n) is 6.99. The predicted octanol–water partition coefficient (Wildman–Crippen LogP) is 2.46. The van der Waals surface area contributed by atoms with Gasteiger partial charge in [0.1, 0.15) is 5.56 Å². The Hall–Kier alpha value is -1.66. The van der Waals surface area contributed by atoms with Crippen molar-refractivity contribution in [3.8, 4) is 0 Å². The van der Waals surface area contributed by atoms with E-state index in [1.54, 1.807) is 0 Å². The highest BCUT2D eigenvalue weighted by Gasteiger charge is 2.25. The molecule has 0 spiro atoms. The van der Waals surface area contributed by atoms with Gasteiger partial charge in [-0.05, 0) is 38.1 Å². The number of hydrogen-bond donors (Lipinski definition) is 1. The summed E-state index contributed by atoms with van der Waals surface area (Å²) in [6.45, 7) is 4.56. The minimum absolute atomic E-state index is 0.00791. The van der Waals surface area contributed by atoms with Gasteiger partial charge in [0.05, 0.1) is 4.92 Å². The number of rotatable bonds is 5. The first-order valence-corrected chi connectivity index (χ1v) is 7.37. The van der Waals surface area contributed by atoms with Crippen molar-refractivity contribution < 1.29 is 9.72 Å². The van der Waals surface area contributed by atoms with E-state index in [1.165, 1.54) is 18.2 Å². The molecule has 1 saturated heterocycles. The Morgan fingerprint density at radius 3 is 3.00 bits per heavy atom. The molecular formula is C14H18ClN3O3. The molecule has 1 aliphatic rings. The molecule has 0 radical (unpaired) electrons. The van der Waals surface area contributed by atoms with Gasteiger partial charge in [-0.2, -0.15) is 0 Å². The lowest BCUT2D eigenvalue weighted by Gasteiger charge is -2.22. The molecule has 1 aromatic carbocycles. The summed E-state index contributed by atoms with van der Waals surface area (Å²) in [7, 11) is 0. The van der Waals surface area contributed by atoms with Gasteiger partial charge < -0.3 is 5.32 Å².